The first kappa shape index (κ1) is 19.9. The van der Waals surface area contributed by atoms with Gasteiger partial charge in [0.2, 0.25) is 0 Å². The molecule has 0 aliphatic heterocycles. The van der Waals surface area contributed by atoms with E-state index in [1.54, 1.807) is 0 Å². The van der Waals surface area contributed by atoms with Gasteiger partial charge < -0.3 is 0 Å². The number of hydrogen-bond donors (Lipinski definition) is 0. The molecule has 4 aromatic rings. The molecule has 1 heterocycles. The monoisotopic (exact) mass is 451 g/mol. The molecular weight excluding hydrogens is 423 g/mol. The van der Waals surface area contributed by atoms with Crippen LogP contribution < -0.4 is 10.2 Å². The molecule has 4 rings (SSSR count). The predicted molar refractivity (Wildman–Crippen MR) is 125 cm³/mol. The molecule has 3 heteroatoms. The molecular formula is C26H27O2Se+. The van der Waals surface area contributed by atoms with Crippen molar-refractivity contribution in [3.8, 4) is 10.2 Å². The van der Waals surface area contributed by atoms with Crippen LogP contribution in [0.5, 0.6) is 5.75 Å². The third-order valence-corrected chi connectivity index (χ3v) is 10.2. The molecule has 0 fully saturated rings. The summed E-state index contributed by atoms with van der Waals surface area (Å²) in [5, 5.41) is 1.73. The molecule has 0 aliphatic carbocycles. The molecule has 148 valence electrons. The number of hydrogen-bond acceptors (Lipinski definition) is 2. The summed E-state index contributed by atoms with van der Waals surface area (Å²) >= 11 is -1.49. The minimum atomic E-state index is -1.49. The van der Waals surface area contributed by atoms with Gasteiger partial charge in [-0.3, -0.25) is 0 Å². The number of fused-ring (bicyclic) bond motifs is 2. The first-order valence-electron chi connectivity index (χ1n) is 10.5. The molecule has 0 aliphatic rings. The summed E-state index contributed by atoms with van der Waals surface area (Å²) in [7, 11) is 0. The number of ether oxygens (including phenoxy) is 1. The van der Waals surface area contributed by atoms with Crippen LogP contribution >= 0.6 is 0 Å². The molecule has 1 aromatic heterocycles. The van der Waals surface area contributed by atoms with E-state index in [-0.39, 0.29) is 5.43 Å². The molecule has 0 saturated carbocycles. The molecule has 3 aromatic carbocycles. The second kappa shape index (κ2) is 9.43. The van der Waals surface area contributed by atoms with E-state index < -0.39 is 13.4 Å². The van der Waals surface area contributed by atoms with Crippen LogP contribution in [0.1, 0.15) is 39.0 Å². The van der Waals surface area contributed by atoms with Gasteiger partial charge in [0.05, 0.1) is 0 Å². The fraction of sp³-hybridized carbons (Fsp3) is 0.269. The summed E-state index contributed by atoms with van der Waals surface area (Å²) < 4.78 is 9.68. The van der Waals surface area contributed by atoms with Gasteiger partial charge >= 0.3 is 176 Å². The van der Waals surface area contributed by atoms with Crippen LogP contribution in [0.4, 0.5) is 0 Å². The van der Waals surface area contributed by atoms with Crippen molar-refractivity contribution >= 4 is 32.7 Å². The fourth-order valence-corrected chi connectivity index (χ4v) is 8.67. The molecule has 0 spiro atoms. The van der Waals surface area contributed by atoms with Gasteiger partial charge in [-0.2, -0.15) is 0 Å². The Morgan fingerprint density at radius 3 is 1.93 bits per heavy atom. The van der Waals surface area contributed by atoms with E-state index in [2.05, 4.69) is 43.3 Å². The van der Waals surface area contributed by atoms with Gasteiger partial charge in [-0.05, 0) is 0 Å². The molecule has 0 bridgehead atoms. The average Bonchev–Trinajstić information content (AvgIpc) is 2.77. The molecule has 0 unspecified atom stereocenters. The van der Waals surface area contributed by atoms with Gasteiger partial charge in [0.1, 0.15) is 0 Å². The third-order valence-electron chi connectivity index (χ3n) is 5.28. The topological polar surface area (TPSA) is 26.3 Å². The zero-order valence-electron chi connectivity index (χ0n) is 16.9. The van der Waals surface area contributed by atoms with Crippen LogP contribution in [-0.4, -0.2) is 20.1 Å². The maximum absolute atomic E-state index is 13.0. The van der Waals surface area contributed by atoms with Crippen molar-refractivity contribution in [2.24, 2.45) is 0 Å². The van der Waals surface area contributed by atoms with Gasteiger partial charge in [-0.15, -0.1) is 0 Å². The Morgan fingerprint density at radius 2 is 1.31 bits per heavy atom. The summed E-state index contributed by atoms with van der Waals surface area (Å²) in [6, 6.07) is 24.8. The summed E-state index contributed by atoms with van der Waals surface area (Å²) in [5.41, 5.74) is 0.152. The van der Waals surface area contributed by atoms with Crippen molar-refractivity contribution < 1.29 is 4.74 Å². The van der Waals surface area contributed by atoms with Crippen LogP contribution in [0.15, 0.2) is 77.6 Å². The van der Waals surface area contributed by atoms with Gasteiger partial charge in [0.15, 0.2) is 0 Å². The number of rotatable bonds is 8. The van der Waals surface area contributed by atoms with E-state index in [0.29, 0.717) is 0 Å². The predicted octanol–water partition coefficient (Wildman–Crippen LogP) is 6.44. The van der Waals surface area contributed by atoms with Gasteiger partial charge in [0.25, 0.3) is 0 Å². The SMILES string of the molecule is CCCCCCCOc1ccc(-[se+]2c3ccccc3c(=O)c3ccccc32)cc1. The Bertz CT molecular complexity index is 1100. The Kier molecular flexibility index (Phi) is 6.49. The number of unbranched alkanes of at least 4 members (excludes halogenated alkanes) is 4. The summed E-state index contributed by atoms with van der Waals surface area (Å²) in [6.07, 6.45) is 6.22. The quantitative estimate of drug-likeness (QED) is 0.176. The maximum atomic E-state index is 13.0. The normalized spacial score (nSPS) is 11.2. The average molecular weight is 450 g/mol. The van der Waals surface area contributed by atoms with Crippen molar-refractivity contribution in [1.82, 2.24) is 0 Å². The van der Waals surface area contributed by atoms with E-state index in [4.69, 9.17) is 4.74 Å². The second-order valence-corrected chi connectivity index (χ2v) is 11.5. The Morgan fingerprint density at radius 1 is 0.724 bits per heavy atom. The Hall–Kier alpha value is -2.35. The molecule has 0 N–H and O–H groups in total. The molecule has 2 nitrogen and oxygen atoms in total. The second-order valence-electron chi connectivity index (χ2n) is 7.36. The molecule has 0 atom stereocenters. The molecule has 0 radical (unpaired) electrons. The van der Waals surface area contributed by atoms with E-state index in [1.165, 1.54) is 38.7 Å². The first-order valence-corrected chi connectivity index (χ1v) is 13.1. The minimum absolute atomic E-state index is 0.152. The van der Waals surface area contributed by atoms with Crippen molar-refractivity contribution in [2.75, 3.05) is 6.61 Å². The summed E-state index contributed by atoms with van der Waals surface area (Å²) in [5.74, 6) is 0.935. The van der Waals surface area contributed by atoms with Gasteiger partial charge in [0, 0.05) is 0 Å². The zero-order valence-corrected chi connectivity index (χ0v) is 18.6. The van der Waals surface area contributed by atoms with Crippen LogP contribution in [0.25, 0.3) is 23.8 Å². The van der Waals surface area contributed by atoms with Crippen molar-refractivity contribution in [3.63, 3.8) is 0 Å². The van der Waals surface area contributed by atoms with E-state index in [9.17, 15) is 4.79 Å². The Labute approximate surface area is 176 Å². The Balaban J connectivity index is 1.64. The van der Waals surface area contributed by atoms with Gasteiger partial charge in [-0.1, -0.05) is 0 Å². The van der Waals surface area contributed by atoms with Crippen molar-refractivity contribution in [2.45, 2.75) is 39.0 Å². The van der Waals surface area contributed by atoms with Crippen molar-refractivity contribution in [1.29, 1.82) is 0 Å². The van der Waals surface area contributed by atoms with Crippen LogP contribution in [-0.2, 0) is 0 Å². The van der Waals surface area contributed by atoms with E-state index >= 15 is 0 Å². The van der Waals surface area contributed by atoms with E-state index in [0.717, 1.165) is 29.5 Å². The van der Waals surface area contributed by atoms with Crippen LogP contribution in [0.3, 0.4) is 0 Å². The van der Waals surface area contributed by atoms with Crippen LogP contribution in [0.2, 0.25) is 0 Å². The standard InChI is InChI=1S/C26H27O2Se/c1-2-3-4-5-10-19-28-20-15-17-21(18-16-20)29-24-13-8-6-11-22(24)26(27)23-12-7-9-14-25(23)29/h6-9,11-18H,2-5,10,19H2,1H3/q+1. The molecule has 0 saturated heterocycles. The van der Waals surface area contributed by atoms with E-state index in [1.807, 2.05) is 36.4 Å². The molecule has 0 amide bonds. The summed E-state index contributed by atoms with van der Waals surface area (Å²) in [4.78, 5) is 13.0. The first-order chi connectivity index (χ1) is 14.3. The molecule has 29 heavy (non-hydrogen) atoms. The van der Waals surface area contributed by atoms with Crippen LogP contribution in [0, 0.1) is 0 Å². The third kappa shape index (κ3) is 4.32. The zero-order chi connectivity index (χ0) is 20.1. The fourth-order valence-electron chi connectivity index (χ4n) is 3.75. The number of benzene rings is 3. The van der Waals surface area contributed by atoms with Gasteiger partial charge in [-0.25, -0.2) is 0 Å². The van der Waals surface area contributed by atoms with Crippen molar-refractivity contribution in [3.05, 3.63) is 83.0 Å². The summed E-state index contributed by atoms with van der Waals surface area (Å²) in [6.45, 7) is 3.02.